The van der Waals surface area contributed by atoms with E-state index >= 15 is 0 Å². The molecule has 2 rings (SSSR count). The molecule has 0 aliphatic heterocycles. The van der Waals surface area contributed by atoms with Crippen LogP contribution in [0.3, 0.4) is 0 Å². The second-order valence-corrected chi connectivity index (χ2v) is 5.62. The minimum Gasteiger partial charge on any atom is -0.446 e. The highest BCUT2D eigenvalue weighted by atomic mass is 16.6. The Morgan fingerprint density at radius 3 is 2.62 bits per heavy atom. The first-order valence-electron chi connectivity index (χ1n) is 7.51. The van der Waals surface area contributed by atoms with Crippen molar-refractivity contribution in [2.24, 2.45) is 5.73 Å². The van der Waals surface area contributed by atoms with Crippen LogP contribution in [-0.4, -0.2) is 25.3 Å². The molecule has 4 heteroatoms. The van der Waals surface area contributed by atoms with Crippen LogP contribution < -0.4 is 11.1 Å². The fraction of sp³-hybridized carbons (Fsp3) is 0.471. The lowest BCUT2D eigenvalue weighted by molar-refractivity contribution is 0.0590. The standard InChI is InChI=1S/C17H24N2O2/c1-2-12-19-16(20)21-15-8-10-17(13-18,11-9-15)14-6-4-3-5-7-14/h2-7,15H,1,8-13,18H2,(H,19,20). The highest BCUT2D eigenvalue weighted by molar-refractivity contribution is 5.67. The van der Waals surface area contributed by atoms with Gasteiger partial charge in [-0.05, 0) is 31.2 Å². The summed E-state index contributed by atoms with van der Waals surface area (Å²) in [6.45, 7) is 4.62. The molecule has 1 aliphatic carbocycles. The largest absolute Gasteiger partial charge is 0.446 e. The molecule has 1 fully saturated rings. The van der Waals surface area contributed by atoms with Gasteiger partial charge in [0.05, 0.1) is 0 Å². The number of hydrogen-bond donors (Lipinski definition) is 2. The molecule has 0 heterocycles. The van der Waals surface area contributed by atoms with E-state index in [1.807, 2.05) is 6.07 Å². The van der Waals surface area contributed by atoms with Crippen LogP contribution in [0.4, 0.5) is 4.79 Å². The molecule has 0 bridgehead atoms. The van der Waals surface area contributed by atoms with Crippen LogP contribution in [0.15, 0.2) is 43.0 Å². The molecule has 1 amide bonds. The minimum absolute atomic E-state index is 0.0156. The normalized spacial score (nSPS) is 25.1. The Morgan fingerprint density at radius 2 is 2.05 bits per heavy atom. The summed E-state index contributed by atoms with van der Waals surface area (Å²) in [7, 11) is 0. The zero-order chi connectivity index (χ0) is 15.1. The molecule has 0 aromatic heterocycles. The van der Waals surface area contributed by atoms with Crippen molar-refractivity contribution in [3.8, 4) is 0 Å². The first-order chi connectivity index (χ1) is 10.2. The zero-order valence-corrected chi connectivity index (χ0v) is 12.4. The summed E-state index contributed by atoms with van der Waals surface area (Å²) in [4.78, 5) is 11.6. The van der Waals surface area contributed by atoms with Gasteiger partial charge in [0.25, 0.3) is 0 Å². The number of benzene rings is 1. The number of alkyl carbamates (subject to hydrolysis) is 1. The third-order valence-corrected chi connectivity index (χ3v) is 4.33. The molecule has 4 nitrogen and oxygen atoms in total. The maximum atomic E-state index is 11.6. The van der Waals surface area contributed by atoms with Crippen molar-refractivity contribution >= 4 is 6.09 Å². The van der Waals surface area contributed by atoms with Crippen molar-refractivity contribution in [3.05, 3.63) is 48.6 Å². The van der Waals surface area contributed by atoms with E-state index in [1.165, 1.54) is 5.56 Å². The van der Waals surface area contributed by atoms with Gasteiger partial charge in [0, 0.05) is 18.5 Å². The summed E-state index contributed by atoms with van der Waals surface area (Å²) in [5.41, 5.74) is 7.37. The molecule has 3 N–H and O–H groups in total. The van der Waals surface area contributed by atoms with Crippen molar-refractivity contribution in [2.45, 2.75) is 37.2 Å². The van der Waals surface area contributed by atoms with Crippen LogP contribution >= 0.6 is 0 Å². The van der Waals surface area contributed by atoms with Crippen molar-refractivity contribution in [2.75, 3.05) is 13.1 Å². The van der Waals surface area contributed by atoms with Crippen LogP contribution in [0.1, 0.15) is 31.2 Å². The quantitative estimate of drug-likeness (QED) is 0.819. The maximum Gasteiger partial charge on any atom is 0.407 e. The summed E-state index contributed by atoms with van der Waals surface area (Å²) in [6.07, 6.45) is 4.87. The van der Waals surface area contributed by atoms with E-state index in [0.717, 1.165) is 25.7 Å². The molecule has 1 aromatic carbocycles. The number of amides is 1. The van der Waals surface area contributed by atoms with Gasteiger partial charge in [-0.3, -0.25) is 0 Å². The zero-order valence-electron chi connectivity index (χ0n) is 12.4. The molecule has 0 atom stereocenters. The molecule has 0 radical (unpaired) electrons. The Balaban J connectivity index is 1.92. The monoisotopic (exact) mass is 288 g/mol. The lowest BCUT2D eigenvalue weighted by Crippen LogP contribution is -2.41. The fourth-order valence-corrected chi connectivity index (χ4v) is 3.01. The van der Waals surface area contributed by atoms with Gasteiger partial charge in [0.1, 0.15) is 6.10 Å². The van der Waals surface area contributed by atoms with Crippen molar-refractivity contribution < 1.29 is 9.53 Å². The second kappa shape index (κ2) is 7.27. The van der Waals surface area contributed by atoms with Crippen LogP contribution in [0.5, 0.6) is 0 Å². The average Bonchev–Trinajstić information content (AvgIpc) is 2.55. The number of carbonyl (C=O) groups excluding carboxylic acids is 1. The van der Waals surface area contributed by atoms with Crippen LogP contribution in [0, 0.1) is 0 Å². The van der Waals surface area contributed by atoms with Crippen molar-refractivity contribution in [3.63, 3.8) is 0 Å². The summed E-state index contributed by atoms with van der Waals surface area (Å²) in [5.74, 6) is 0. The number of nitrogens with two attached hydrogens (primary N) is 1. The van der Waals surface area contributed by atoms with Crippen molar-refractivity contribution in [1.82, 2.24) is 5.32 Å². The van der Waals surface area contributed by atoms with E-state index in [1.54, 1.807) is 6.08 Å². The smallest absolute Gasteiger partial charge is 0.407 e. The van der Waals surface area contributed by atoms with Gasteiger partial charge in [0.2, 0.25) is 0 Å². The SMILES string of the molecule is C=CCNC(=O)OC1CCC(CN)(c2ccccc2)CC1. The van der Waals surface area contributed by atoms with Crippen molar-refractivity contribution in [1.29, 1.82) is 0 Å². The molecule has 1 aliphatic rings. The minimum atomic E-state index is -0.361. The van der Waals surface area contributed by atoms with Gasteiger partial charge in [-0.1, -0.05) is 36.4 Å². The number of hydrogen-bond acceptors (Lipinski definition) is 3. The Hall–Kier alpha value is -1.81. The molecule has 0 saturated heterocycles. The van der Waals surface area contributed by atoms with Crippen LogP contribution in [0.25, 0.3) is 0 Å². The fourth-order valence-electron chi connectivity index (χ4n) is 3.01. The third kappa shape index (κ3) is 3.85. The Morgan fingerprint density at radius 1 is 1.38 bits per heavy atom. The second-order valence-electron chi connectivity index (χ2n) is 5.62. The van der Waals surface area contributed by atoms with E-state index in [-0.39, 0.29) is 17.6 Å². The van der Waals surface area contributed by atoms with E-state index in [4.69, 9.17) is 10.5 Å². The molecule has 21 heavy (non-hydrogen) atoms. The van der Waals surface area contributed by atoms with Gasteiger partial charge >= 0.3 is 6.09 Å². The number of carbonyl (C=O) groups is 1. The van der Waals surface area contributed by atoms with Gasteiger partial charge in [0.15, 0.2) is 0 Å². The Kier molecular flexibility index (Phi) is 5.39. The molecule has 0 spiro atoms. The van der Waals surface area contributed by atoms with Gasteiger partial charge < -0.3 is 15.8 Å². The maximum absolute atomic E-state index is 11.6. The number of ether oxygens (including phenoxy) is 1. The molecule has 1 aromatic rings. The number of rotatable bonds is 5. The number of nitrogens with one attached hydrogen (secondary N) is 1. The topological polar surface area (TPSA) is 64.3 Å². The van der Waals surface area contributed by atoms with E-state index < -0.39 is 0 Å². The predicted molar refractivity (Wildman–Crippen MR) is 84.1 cm³/mol. The summed E-state index contributed by atoms with van der Waals surface area (Å²) < 4.78 is 5.43. The van der Waals surface area contributed by atoms with E-state index in [2.05, 4.69) is 36.2 Å². The molecular weight excluding hydrogens is 264 g/mol. The lowest BCUT2D eigenvalue weighted by Gasteiger charge is -2.39. The first-order valence-corrected chi connectivity index (χ1v) is 7.51. The average molecular weight is 288 g/mol. The van der Waals surface area contributed by atoms with Gasteiger partial charge in [-0.2, -0.15) is 0 Å². The van der Waals surface area contributed by atoms with E-state index in [0.29, 0.717) is 13.1 Å². The predicted octanol–water partition coefficient (Wildman–Crippen LogP) is 2.74. The Bertz CT molecular complexity index is 465. The molecule has 1 saturated carbocycles. The Labute approximate surface area is 126 Å². The highest BCUT2D eigenvalue weighted by Gasteiger charge is 2.36. The highest BCUT2D eigenvalue weighted by Crippen LogP contribution is 2.39. The van der Waals surface area contributed by atoms with Crippen LogP contribution in [-0.2, 0) is 10.2 Å². The molecular formula is C17H24N2O2. The van der Waals surface area contributed by atoms with Gasteiger partial charge in [-0.15, -0.1) is 6.58 Å². The van der Waals surface area contributed by atoms with E-state index in [9.17, 15) is 4.79 Å². The summed E-state index contributed by atoms with van der Waals surface area (Å²) in [6, 6.07) is 10.4. The lowest BCUT2D eigenvalue weighted by atomic mass is 9.69. The van der Waals surface area contributed by atoms with Crippen LogP contribution in [0.2, 0.25) is 0 Å². The third-order valence-electron chi connectivity index (χ3n) is 4.33. The molecule has 114 valence electrons. The summed E-state index contributed by atoms with van der Waals surface area (Å²) in [5, 5.41) is 2.64. The first kappa shape index (κ1) is 15.6. The summed E-state index contributed by atoms with van der Waals surface area (Å²) >= 11 is 0. The molecule has 0 unspecified atom stereocenters. The van der Waals surface area contributed by atoms with Gasteiger partial charge in [-0.25, -0.2) is 4.79 Å².